The maximum Gasteiger partial charge on any atom is 0.328 e. The maximum atomic E-state index is 14.8. The lowest BCUT2D eigenvalue weighted by Gasteiger charge is -2.29. The first-order valence-electron chi connectivity index (χ1n) is 35.5. The zero-order chi connectivity index (χ0) is 81.6. The van der Waals surface area contributed by atoms with Crippen LogP contribution in [0, 0.1) is 0 Å². The molecule has 1 heterocycles. The highest BCUT2D eigenvalue weighted by molar-refractivity contribution is 6.00. The van der Waals surface area contributed by atoms with Crippen molar-refractivity contribution in [1.29, 1.82) is 0 Å². The van der Waals surface area contributed by atoms with Gasteiger partial charge in [-0.15, -0.1) is 0 Å². The van der Waals surface area contributed by atoms with E-state index in [0.717, 1.165) is 4.90 Å². The smallest absolute Gasteiger partial charge is 0.328 e. The third-order valence-corrected chi connectivity index (χ3v) is 16.6. The van der Waals surface area contributed by atoms with Gasteiger partial charge in [0.05, 0.1) is 12.7 Å². The van der Waals surface area contributed by atoms with Crippen LogP contribution in [0.2, 0.25) is 0 Å². The second kappa shape index (κ2) is 52.3. The molecule has 0 unspecified atom stereocenters. The molecule has 0 bridgehead atoms. The number of nitrogens with two attached hydrogens (primary N) is 14. The molecule has 0 aromatic rings. The van der Waals surface area contributed by atoms with Crippen LogP contribution in [0.25, 0.3) is 0 Å². The number of nitrogens with one attached hydrogen (secondary N) is 10. The Kier molecular flexibility index (Phi) is 46.1. The number of carboxylic acid groups (broad SMARTS) is 1. The second-order valence-electron chi connectivity index (χ2n) is 25.6. The van der Waals surface area contributed by atoms with E-state index in [0.29, 0.717) is 19.3 Å². The molecule has 41 N–H and O–H groups in total. The molecule has 1 aliphatic rings. The fraction of sp³-hybridized carbons (Fsp3) is 0.710. The fourth-order valence-electron chi connectivity index (χ4n) is 10.7. The normalized spacial score (nSPS) is 15.7. The van der Waals surface area contributed by atoms with Crippen molar-refractivity contribution in [2.75, 3.05) is 59.0 Å². The fourth-order valence-corrected chi connectivity index (χ4v) is 10.7. The number of unbranched alkanes of at least 4 members (excludes halogenated alkanes) is 2. The number of nitrogens with zero attached hydrogens (tertiary/aromatic N) is 6. The van der Waals surface area contributed by atoms with E-state index >= 15 is 0 Å². The summed E-state index contributed by atoms with van der Waals surface area (Å²) in [5.74, 6) is -14.2. The molecule has 1 saturated heterocycles. The number of amides is 12. The number of aliphatic carboxylic acids is 1. The van der Waals surface area contributed by atoms with E-state index in [9.17, 15) is 77.6 Å². The molecule has 108 heavy (non-hydrogen) atoms. The summed E-state index contributed by atoms with van der Waals surface area (Å²) in [5, 5.41) is 54.6. The van der Waals surface area contributed by atoms with Gasteiger partial charge in [-0.1, -0.05) is 0 Å². The number of aliphatic imine (C=N–C) groups is 5. The number of carbonyl (C=O) groups excluding carboxylic acids is 12. The summed E-state index contributed by atoms with van der Waals surface area (Å²) in [5.41, 5.74) is 78.4. The SMILES string of the molecule is C[C@H](NC(=O)[C@H](CCCN=C(N)N)NC(=O)[C@H](CCC(N)=O)NC(=O)[C@@H]1CCCN1C(=O)[C@@H](N)[C@@H](C)O)C(=O)N[C@@H](CCCN=C(N)N)C(=O)N[C@@H](CCCN=C(N)N)C(=O)N[C@@H](CCCN=C(N)N)C(=O)N[C@@H](CCCCN)C(=O)N[C@@H](CCCCN)C(=O)N[C@@H](CCCN=C(N)N)C(=O)N[C@@H](CO)C(=O)O. The van der Waals surface area contributed by atoms with Gasteiger partial charge in [-0.25, -0.2) is 4.79 Å². The van der Waals surface area contributed by atoms with Crippen LogP contribution in [0.3, 0.4) is 0 Å². The number of primary amides is 1. The van der Waals surface area contributed by atoms with Crippen molar-refractivity contribution in [1.82, 2.24) is 58.1 Å². The topological polar surface area (TPSA) is 832 Å². The number of aliphatic hydroxyl groups is 2. The van der Waals surface area contributed by atoms with Gasteiger partial charge < -0.3 is 154 Å². The summed E-state index contributed by atoms with van der Waals surface area (Å²) in [6, 6.07) is -17.9. The van der Waals surface area contributed by atoms with Crippen LogP contribution in [0.1, 0.15) is 142 Å². The summed E-state index contributed by atoms with van der Waals surface area (Å²) >= 11 is 0. The number of guanidine groups is 5. The predicted molar refractivity (Wildman–Crippen MR) is 398 cm³/mol. The van der Waals surface area contributed by atoms with Crippen LogP contribution < -0.4 is 133 Å². The van der Waals surface area contributed by atoms with Crippen molar-refractivity contribution in [2.45, 2.75) is 221 Å². The van der Waals surface area contributed by atoms with Gasteiger partial charge in [0.25, 0.3) is 0 Å². The number of carboxylic acids is 1. The molecular weight excluding hydrogens is 1420 g/mol. The summed E-state index contributed by atoms with van der Waals surface area (Å²) < 4.78 is 0. The molecule has 612 valence electrons. The quantitative estimate of drug-likeness (QED) is 0.0153. The van der Waals surface area contributed by atoms with Crippen molar-refractivity contribution in [2.24, 2.45) is 105 Å². The lowest BCUT2D eigenvalue weighted by Crippen LogP contribution is -2.60. The first-order valence-corrected chi connectivity index (χ1v) is 35.5. The minimum Gasteiger partial charge on any atom is -0.480 e. The van der Waals surface area contributed by atoms with E-state index < -0.39 is 168 Å². The third kappa shape index (κ3) is 39.0. The molecule has 0 radical (unpaired) electrons. The van der Waals surface area contributed by atoms with E-state index in [2.05, 4.69) is 78.1 Å². The zero-order valence-electron chi connectivity index (χ0n) is 61.4. The van der Waals surface area contributed by atoms with Crippen LogP contribution >= 0.6 is 0 Å². The number of aliphatic hydroxyl groups excluding tert-OH is 2. The average Bonchev–Trinajstić information content (AvgIpc) is 1.64. The van der Waals surface area contributed by atoms with E-state index in [1.807, 2.05) is 0 Å². The highest BCUT2D eigenvalue weighted by Crippen LogP contribution is 2.20. The summed E-state index contributed by atoms with van der Waals surface area (Å²) in [6.45, 7) is 1.66. The Labute approximate surface area is 625 Å². The van der Waals surface area contributed by atoms with Crippen LogP contribution in [-0.4, -0.2) is 264 Å². The highest BCUT2D eigenvalue weighted by atomic mass is 16.4. The minimum absolute atomic E-state index is 0.00254. The van der Waals surface area contributed by atoms with Crippen LogP contribution in [-0.2, 0) is 62.3 Å². The van der Waals surface area contributed by atoms with E-state index in [1.54, 1.807) is 0 Å². The van der Waals surface area contributed by atoms with Gasteiger partial charge in [0, 0.05) is 45.7 Å². The van der Waals surface area contributed by atoms with Gasteiger partial charge in [0.1, 0.15) is 72.5 Å². The molecule has 0 aromatic heterocycles. The summed E-state index contributed by atoms with van der Waals surface area (Å²) in [4.78, 5) is 201. The molecule has 0 saturated carbocycles. The first kappa shape index (κ1) is 95.3. The predicted octanol–water partition coefficient (Wildman–Crippen LogP) is -12.6. The molecule has 0 aliphatic carbocycles. The highest BCUT2D eigenvalue weighted by Gasteiger charge is 2.40. The molecule has 13 atom stereocenters. The van der Waals surface area contributed by atoms with Gasteiger partial charge in [-0.05, 0) is 149 Å². The van der Waals surface area contributed by atoms with Crippen LogP contribution in [0.4, 0.5) is 0 Å². The largest absolute Gasteiger partial charge is 0.480 e. The van der Waals surface area contributed by atoms with Crippen molar-refractivity contribution >= 4 is 107 Å². The number of rotatable bonds is 55. The monoisotopic (exact) mass is 1540 g/mol. The molecule has 1 aliphatic heterocycles. The van der Waals surface area contributed by atoms with E-state index in [-0.39, 0.29) is 185 Å². The standard InChI is InChI=1S/C62H118N30O16/c1-32(82-47(97)36(15-7-25-77-58(67)68)86-54(104)41(21-22-44(65)95)90-55(105)43-20-12-30-92(43)56(106)45(66)33(2)94)46(96)83-37(16-8-26-78-59(69)70)50(100)87-39(18-10-28-80-61(73)74)52(102)88-38(17-9-27-79-60(71)72)51(101)85-34(13-3-5-23-63)48(98)84-35(14-4-6-24-64)49(99)89-40(19-11-29-81-62(75)76)53(103)91-42(31-93)57(107)108/h32-43,45,93-94H,3-31,63-64,66H2,1-2H3,(H2,65,95)(H,82,97)(H,83,96)(H,84,98)(H,85,101)(H,86,104)(H,87,100)(H,88,102)(H,89,99)(H,90,105)(H,91,103)(H,107,108)(H4,67,68,77)(H4,69,70,78)(H4,71,72,79)(H4,73,74,80)(H4,75,76,81)/t32-,33+,34-,35-,36-,37-,38-,39-,40-,41-,42-,43-,45-/m0/s1. The lowest BCUT2D eigenvalue weighted by molar-refractivity contribution is -0.143. The molecule has 12 amide bonds. The Morgan fingerprint density at radius 1 is 0.398 bits per heavy atom. The van der Waals surface area contributed by atoms with Crippen molar-refractivity contribution in [3.63, 3.8) is 0 Å². The number of hydrogen-bond donors (Lipinski definition) is 27. The third-order valence-electron chi connectivity index (χ3n) is 16.6. The molecule has 1 fully saturated rings. The molecule has 46 heteroatoms. The van der Waals surface area contributed by atoms with Gasteiger partial charge in [-0.2, -0.15) is 0 Å². The van der Waals surface area contributed by atoms with Gasteiger partial charge in [0.15, 0.2) is 29.8 Å². The summed E-state index contributed by atoms with van der Waals surface area (Å²) in [6.07, 6.45) is -1.42. The number of likely N-dealkylation sites (tertiary alicyclic amines) is 1. The Morgan fingerprint density at radius 2 is 0.676 bits per heavy atom. The Hall–Kier alpha value is -10.7. The number of carbonyl (C=O) groups is 13. The second-order valence-corrected chi connectivity index (χ2v) is 25.6. The molecule has 1 rings (SSSR count). The molecule has 46 nitrogen and oxygen atoms in total. The Morgan fingerprint density at radius 3 is 0.944 bits per heavy atom. The van der Waals surface area contributed by atoms with Crippen LogP contribution in [0.15, 0.2) is 25.0 Å². The first-order chi connectivity index (χ1) is 51.0. The van der Waals surface area contributed by atoms with Gasteiger partial charge >= 0.3 is 5.97 Å². The van der Waals surface area contributed by atoms with Gasteiger partial charge in [0.2, 0.25) is 70.9 Å². The van der Waals surface area contributed by atoms with E-state index in [4.69, 9.17) is 80.3 Å². The molecular formula is C62H118N30O16. The Balaban J connectivity index is 3.86. The Bertz CT molecular complexity index is 3080. The van der Waals surface area contributed by atoms with Crippen LogP contribution in [0.5, 0.6) is 0 Å². The lowest BCUT2D eigenvalue weighted by atomic mass is 10.0. The molecule has 0 aromatic carbocycles. The van der Waals surface area contributed by atoms with Crippen molar-refractivity contribution < 1.29 is 77.6 Å². The van der Waals surface area contributed by atoms with E-state index in [1.165, 1.54) is 13.8 Å². The number of hydrogen-bond acceptors (Lipinski definition) is 23. The minimum atomic E-state index is -1.76. The van der Waals surface area contributed by atoms with Crippen molar-refractivity contribution in [3.05, 3.63) is 0 Å². The maximum absolute atomic E-state index is 14.8. The molecule has 0 spiro atoms. The zero-order valence-corrected chi connectivity index (χ0v) is 61.4. The average molecular weight is 1540 g/mol. The summed E-state index contributed by atoms with van der Waals surface area (Å²) in [7, 11) is 0. The van der Waals surface area contributed by atoms with Gasteiger partial charge in [-0.3, -0.25) is 82.5 Å². The van der Waals surface area contributed by atoms with Crippen molar-refractivity contribution in [3.8, 4) is 0 Å².